The molecule has 0 radical (unpaired) electrons. The topological polar surface area (TPSA) is 79.8 Å². The van der Waals surface area contributed by atoms with Crippen molar-refractivity contribution in [3.63, 3.8) is 0 Å². The van der Waals surface area contributed by atoms with Crippen LogP contribution in [0.25, 0.3) is 10.7 Å². The van der Waals surface area contributed by atoms with E-state index < -0.39 is 0 Å². The van der Waals surface area contributed by atoms with Crippen LogP contribution in [0, 0.1) is 0 Å². The van der Waals surface area contributed by atoms with Gasteiger partial charge in [0.05, 0.1) is 6.20 Å². The van der Waals surface area contributed by atoms with Crippen molar-refractivity contribution < 1.29 is 4.79 Å². The van der Waals surface area contributed by atoms with Gasteiger partial charge in [-0.2, -0.15) is 0 Å². The highest BCUT2D eigenvalue weighted by Crippen LogP contribution is 2.20. The summed E-state index contributed by atoms with van der Waals surface area (Å²) in [6.07, 6.45) is 7.15. The molecule has 3 heterocycles. The summed E-state index contributed by atoms with van der Waals surface area (Å²) in [6, 6.07) is 0.386. The summed E-state index contributed by atoms with van der Waals surface area (Å²) < 4.78 is 0. The van der Waals surface area contributed by atoms with Crippen LogP contribution in [0.2, 0.25) is 0 Å². The van der Waals surface area contributed by atoms with Gasteiger partial charge in [0.25, 0.3) is 5.91 Å². The number of amides is 1. The van der Waals surface area contributed by atoms with E-state index in [1.165, 1.54) is 17.8 Å². The quantitative estimate of drug-likeness (QED) is 0.869. The lowest BCUT2D eigenvalue weighted by Crippen LogP contribution is -2.37. The summed E-state index contributed by atoms with van der Waals surface area (Å²) >= 11 is 1.40. The van der Waals surface area contributed by atoms with Gasteiger partial charge in [-0.3, -0.25) is 14.8 Å². The fourth-order valence-corrected chi connectivity index (χ4v) is 2.90. The zero-order valence-corrected chi connectivity index (χ0v) is 14.1. The summed E-state index contributed by atoms with van der Waals surface area (Å²) in [4.78, 5) is 24.5. The molecular formula is C13H17Cl2N5OS. The van der Waals surface area contributed by atoms with Crippen LogP contribution >= 0.6 is 36.2 Å². The Kier molecular flexibility index (Phi) is 7.67. The van der Waals surface area contributed by atoms with Crippen molar-refractivity contribution in [3.8, 4) is 10.7 Å². The van der Waals surface area contributed by atoms with E-state index in [9.17, 15) is 4.79 Å². The molecule has 1 aliphatic heterocycles. The maximum atomic E-state index is 12.0. The fraction of sp³-hybridized carbons (Fsp3) is 0.385. The van der Waals surface area contributed by atoms with E-state index >= 15 is 0 Å². The highest BCUT2D eigenvalue weighted by molar-refractivity contribution is 7.13. The number of aromatic nitrogens is 3. The normalized spacial score (nSPS) is 16.5. The lowest BCUT2D eigenvalue weighted by atomic mass is 10.2. The number of hydrogen-bond acceptors (Lipinski definition) is 6. The van der Waals surface area contributed by atoms with E-state index in [4.69, 9.17) is 0 Å². The lowest BCUT2D eigenvalue weighted by Gasteiger charge is -2.10. The van der Waals surface area contributed by atoms with E-state index in [-0.39, 0.29) is 30.7 Å². The van der Waals surface area contributed by atoms with E-state index in [0.717, 1.165) is 13.0 Å². The molecule has 1 aliphatic rings. The second-order valence-electron chi connectivity index (χ2n) is 4.63. The third-order valence-corrected chi connectivity index (χ3v) is 4.06. The largest absolute Gasteiger partial charge is 0.349 e. The minimum absolute atomic E-state index is 0. The van der Waals surface area contributed by atoms with Crippen LogP contribution in [0.4, 0.5) is 0 Å². The van der Waals surface area contributed by atoms with E-state index in [0.29, 0.717) is 29.0 Å². The minimum atomic E-state index is -0.134. The van der Waals surface area contributed by atoms with Gasteiger partial charge in [-0.1, -0.05) is 0 Å². The maximum absolute atomic E-state index is 12.0. The molecule has 1 saturated heterocycles. The number of nitrogens with one attached hydrogen (secondary N) is 2. The Morgan fingerprint density at radius 2 is 2.27 bits per heavy atom. The molecule has 9 heteroatoms. The molecular weight excluding hydrogens is 345 g/mol. The van der Waals surface area contributed by atoms with Crippen molar-refractivity contribution in [2.75, 3.05) is 13.1 Å². The second kappa shape index (κ2) is 8.99. The number of carbonyl (C=O) groups is 1. The van der Waals surface area contributed by atoms with Gasteiger partial charge >= 0.3 is 0 Å². The third-order valence-electron chi connectivity index (χ3n) is 3.19. The monoisotopic (exact) mass is 361 g/mol. The van der Waals surface area contributed by atoms with Gasteiger partial charge < -0.3 is 10.6 Å². The minimum Gasteiger partial charge on any atom is -0.349 e. The molecule has 1 fully saturated rings. The van der Waals surface area contributed by atoms with Crippen LogP contribution in [-0.4, -0.2) is 40.0 Å². The smallest absolute Gasteiger partial charge is 0.270 e. The van der Waals surface area contributed by atoms with Crippen molar-refractivity contribution in [1.29, 1.82) is 0 Å². The Bertz CT molecular complexity index is 589. The summed E-state index contributed by atoms with van der Waals surface area (Å²) in [5, 5.41) is 8.72. The molecule has 1 atom stereocenters. The fourth-order valence-electron chi connectivity index (χ4n) is 2.14. The number of carbonyl (C=O) groups excluding carboxylic acids is 1. The molecule has 0 aromatic carbocycles. The molecule has 3 rings (SSSR count). The van der Waals surface area contributed by atoms with Crippen molar-refractivity contribution in [2.45, 2.75) is 18.9 Å². The van der Waals surface area contributed by atoms with Crippen LogP contribution in [0.3, 0.4) is 0 Å². The van der Waals surface area contributed by atoms with Gasteiger partial charge in [0.2, 0.25) is 0 Å². The third kappa shape index (κ3) is 4.61. The average molecular weight is 362 g/mol. The first-order valence-electron chi connectivity index (χ1n) is 6.56. The molecule has 0 bridgehead atoms. The zero-order chi connectivity index (χ0) is 13.8. The van der Waals surface area contributed by atoms with Crippen molar-refractivity contribution >= 4 is 42.1 Å². The molecule has 2 N–H and O–H groups in total. The van der Waals surface area contributed by atoms with Crippen LogP contribution < -0.4 is 10.6 Å². The predicted octanol–water partition coefficient (Wildman–Crippen LogP) is 1.93. The number of hydrogen-bond donors (Lipinski definition) is 2. The molecule has 0 saturated carbocycles. The predicted molar refractivity (Wildman–Crippen MR) is 91.0 cm³/mol. The zero-order valence-electron chi connectivity index (χ0n) is 11.7. The maximum Gasteiger partial charge on any atom is 0.270 e. The van der Waals surface area contributed by atoms with Gasteiger partial charge in [0, 0.05) is 30.4 Å². The molecule has 0 aliphatic carbocycles. The first kappa shape index (κ1) is 18.8. The number of halogens is 2. The van der Waals surface area contributed by atoms with Crippen LogP contribution in [0.5, 0.6) is 0 Å². The van der Waals surface area contributed by atoms with Gasteiger partial charge in [-0.25, -0.2) is 4.98 Å². The second-order valence-corrected chi connectivity index (χ2v) is 5.49. The summed E-state index contributed by atoms with van der Waals surface area (Å²) in [6.45, 7) is 1.69. The van der Waals surface area contributed by atoms with Gasteiger partial charge in [0.15, 0.2) is 0 Å². The molecule has 2 aromatic heterocycles. The standard InChI is InChI=1S/C13H15N5OS.2ClH/c19-12(17-6-9-2-1-3-15-9)11-8-20-13(18-11)10-7-14-4-5-16-10;;/h4-5,7-9,15H,1-3,6H2,(H,17,19);2*1H. The van der Waals surface area contributed by atoms with Crippen molar-refractivity contribution in [1.82, 2.24) is 25.6 Å². The van der Waals surface area contributed by atoms with Gasteiger partial charge in [0.1, 0.15) is 16.4 Å². The number of nitrogens with zero attached hydrogens (tertiary/aromatic N) is 3. The van der Waals surface area contributed by atoms with E-state index in [2.05, 4.69) is 25.6 Å². The first-order valence-corrected chi connectivity index (χ1v) is 7.44. The highest BCUT2D eigenvalue weighted by Gasteiger charge is 2.17. The molecule has 0 spiro atoms. The average Bonchev–Trinajstić information content (AvgIpc) is 3.17. The molecule has 2 aromatic rings. The summed E-state index contributed by atoms with van der Waals surface area (Å²) in [7, 11) is 0. The highest BCUT2D eigenvalue weighted by atomic mass is 35.5. The molecule has 1 unspecified atom stereocenters. The Hall–Kier alpha value is -1.28. The Morgan fingerprint density at radius 1 is 1.41 bits per heavy atom. The van der Waals surface area contributed by atoms with Crippen LogP contribution in [-0.2, 0) is 0 Å². The van der Waals surface area contributed by atoms with Crippen molar-refractivity contribution in [2.24, 2.45) is 0 Å². The molecule has 22 heavy (non-hydrogen) atoms. The van der Waals surface area contributed by atoms with Crippen LogP contribution in [0.1, 0.15) is 23.3 Å². The SMILES string of the molecule is Cl.Cl.O=C(NCC1CCCN1)c1csc(-c2cnccn2)n1. The Balaban J connectivity index is 0.00000121. The molecule has 6 nitrogen and oxygen atoms in total. The summed E-state index contributed by atoms with van der Waals surface area (Å²) in [5.41, 5.74) is 1.13. The first-order chi connectivity index (χ1) is 9.83. The number of rotatable bonds is 4. The number of thiazole rings is 1. The van der Waals surface area contributed by atoms with E-state index in [1.54, 1.807) is 24.0 Å². The molecule has 1 amide bonds. The Labute approximate surface area is 145 Å². The molecule has 120 valence electrons. The summed E-state index contributed by atoms with van der Waals surface area (Å²) in [5.74, 6) is -0.134. The van der Waals surface area contributed by atoms with Gasteiger partial charge in [-0.15, -0.1) is 36.2 Å². The van der Waals surface area contributed by atoms with E-state index in [1.807, 2.05) is 0 Å². The Morgan fingerprint density at radius 3 is 2.95 bits per heavy atom. The van der Waals surface area contributed by atoms with Crippen molar-refractivity contribution in [3.05, 3.63) is 29.7 Å². The van der Waals surface area contributed by atoms with Gasteiger partial charge in [-0.05, 0) is 19.4 Å². The van der Waals surface area contributed by atoms with Crippen LogP contribution in [0.15, 0.2) is 24.0 Å². The lowest BCUT2D eigenvalue weighted by molar-refractivity contribution is 0.0946.